The first-order valence-electron chi connectivity index (χ1n) is 5.69. The van der Waals surface area contributed by atoms with E-state index < -0.39 is 5.97 Å². The predicted octanol–water partition coefficient (Wildman–Crippen LogP) is 3.27. The third-order valence-electron chi connectivity index (χ3n) is 3.39. The van der Waals surface area contributed by atoms with Gasteiger partial charge in [0.05, 0.1) is 6.20 Å². The highest BCUT2D eigenvalue weighted by Crippen LogP contribution is 2.33. The molecule has 0 bridgehead atoms. The van der Waals surface area contributed by atoms with Crippen LogP contribution in [0, 0.1) is 27.7 Å². The van der Waals surface area contributed by atoms with Crippen molar-refractivity contribution in [3.8, 4) is 11.3 Å². The van der Waals surface area contributed by atoms with Crippen molar-refractivity contribution in [3.63, 3.8) is 0 Å². The lowest BCUT2D eigenvalue weighted by Gasteiger charge is -2.13. The number of rotatable bonds is 2. The second kappa shape index (κ2) is 4.29. The predicted molar refractivity (Wildman–Crippen MR) is 67.8 cm³/mol. The zero-order valence-corrected chi connectivity index (χ0v) is 10.9. The van der Waals surface area contributed by atoms with Gasteiger partial charge in [-0.25, -0.2) is 4.79 Å². The van der Waals surface area contributed by atoms with Gasteiger partial charge in [-0.1, -0.05) is 11.2 Å². The van der Waals surface area contributed by atoms with Crippen LogP contribution in [0.1, 0.15) is 32.6 Å². The topological polar surface area (TPSA) is 63.3 Å². The van der Waals surface area contributed by atoms with Gasteiger partial charge in [0.1, 0.15) is 5.56 Å². The Balaban J connectivity index is 2.79. The maximum absolute atomic E-state index is 11.1. The summed E-state index contributed by atoms with van der Waals surface area (Å²) in [5.74, 6) is -0.687. The van der Waals surface area contributed by atoms with E-state index in [-0.39, 0.29) is 5.56 Å². The lowest BCUT2D eigenvalue weighted by atomic mass is 9.91. The molecule has 4 heteroatoms. The van der Waals surface area contributed by atoms with Crippen LogP contribution >= 0.6 is 0 Å². The van der Waals surface area contributed by atoms with Gasteiger partial charge in [-0.15, -0.1) is 0 Å². The first-order chi connectivity index (χ1) is 8.43. The molecule has 1 heterocycles. The molecule has 0 saturated heterocycles. The van der Waals surface area contributed by atoms with Crippen molar-refractivity contribution in [1.29, 1.82) is 0 Å². The molecule has 0 atom stereocenters. The fourth-order valence-corrected chi connectivity index (χ4v) is 2.13. The molecule has 0 aliphatic heterocycles. The molecular formula is C14H15NO3. The molecule has 0 radical (unpaired) electrons. The van der Waals surface area contributed by atoms with Crippen molar-refractivity contribution in [2.45, 2.75) is 27.7 Å². The van der Waals surface area contributed by atoms with Crippen LogP contribution in [-0.4, -0.2) is 16.2 Å². The number of carboxylic acid groups (broad SMARTS) is 1. The number of aryl methyl sites for hydroxylation is 2. The molecular weight excluding hydrogens is 230 g/mol. The van der Waals surface area contributed by atoms with Gasteiger partial charge in [-0.2, -0.15) is 0 Å². The van der Waals surface area contributed by atoms with Crippen molar-refractivity contribution in [3.05, 3.63) is 40.1 Å². The van der Waals surface area contributed by atoms with Crippen LogP contribution < -0.4 is 0 Å². The standard InChI is InChI=1S/C14H15NO3/c1-7-5-8(2)10(4)12(9(7)3)13-11(14(16)17)6-15-18-13/h5-6H,1-4H3,(H,16,17). The van der Waals surface area contributed by atoms with Gasteiger partial charge in [0.15, 0.2) is 5.76 Å². The zero-order valence-electron chi connectivity index (χ0n) is 10.9. The smallest absolute Gasteiger partial charge is 0.341 e. The molecule has 0 saturated carbocycles. The number of aromatic carboxylic acids is 1. The van der Waals surface area contributed by atoms with E-state index in [2.05, 4.69) is 11.2 Å². The molecule has 0 unspecified atom stereocenters. The average molecular weight is 245 g/mol. The Bertz CT molecular complexity index is 600. The van der Waals surface area contributed by atoms with Gasteiger partial charge in [0, 0.05) is 5.56 Å². The summed E-state index contributed by atoms with van der Waals surface area (Å²) >= 11 is 0. The lowest BCUT2D eigenvalue weighted by Crippen LogP contribution is -2.00. The van der Waals surface area contributed by atoms with Gasteiger partial charge in [0.25, 0.3) is 0 Å². The van der Waals surface area contributed by atoms with Crippen LogP contribution in [0.4, 0.5) is 0 Å². The summed E-state index contributed by atoms with van der Waals surface area (Å²) in [6, 6.07) is 2.09. The van der Waals surface area contributed by atoms with E-state index >= 15 is 0 Å². The van der Waals surface area contributed by atoms with E-state index in [1.807, 2.05) is 27.7 Å². The monoisotopic (exact) mass is 245 g/mol. The summed E-state index contributed by atoms with van der Waals surface area (Å²) in [6.45, 7) is 7.93. The normalized spacial score (nSPS) is 10.7. The third kappa shape index (κ3) is 1.79. The largest absolute Gasteiger partial charge is 0.477 e. The summed E-state index contributed by atoms with van der Waals surface area (Å²) in [5, 5.41) is 12.7. The summed E-state index contributed by atoms with van der Waals surface area (Å²) in [5.41, 5.74) is 5.21. The van der Waals surface area contributed by atoms with E-state index in [1.165, 1.54) is 6.20 Å². The van der Waals surface area contributed by atoms with Crippen LogP contribution in [0.2, 0.25) is 0 Å². The molecule has 2 rings (SSSR count). The molecule has 18 heavy (non-hydrogen) atoms. The Morgan fingerprint density at radius 2 is 1.72 bits per heavy atom. The van der Waals surface area contributed by atoms with E-state index in [1.54, 1.807) is 0 Å². The van der Waals surface area contributed by atoms with Gasteiger partial charge in [-0.05, 0) is 49.9 Å². The van der Waals surface area contributed by atoms with Gasteiger partial charge >= 0.3 is 5.97 Å². The number of carbonyl (C=O) groups is 1. The fourth-order valence-electron chi connectivity index (χ4n) is 2.13. The van der Waals surface area contributed by atoms with Crippen LogP contribution in [0.25, 0.3) is 11.3 Å². The average Bonchev–Trinajstić information content (AvgIpc) is 2.76. The number of carboxylic acids is 1. The Labute approximate surface area is 105 Å². The summed E-state index contributed by atoms with van der Waals surface area (Å²) in [6.07, 6.45) is 1.24. The van der Waals surface area contributed by atoms with Crippen molar-refractivity contribution in [2.24, 2.45) is 0 Å². The zero-order chi connectivity index (χ0) is 13.4. The second-order valence-electron chi connectivity index (χ2n) is 4.51. The minimum Gasteiger partial charge on any atom is -0.477 e. The lowest BCUT2D eigenvalue weighted by molar-refractivity contribution is 0.0697. The molecule has 0 fully saturated rings. The Morgan fingerprint density at radius 1 is 1.17 bits per heavy atom. The third-order valence-corrected chi connectivity index (χ3v) is 3.39. The highest BCUT2D eigenvalue weighted by Gasteiger charge is 2.21. The fraction of sp³-hybridized carbons (Fsp3) is 0.286. The summed E-state index contributed by atoms with van der Waals surface area (Å²) < 4.78 is 5.15. The SMILES string of the molecule is Cc1cc(C)c(C)c(-c2oncc2C(=O)O)c1C. The van der Waals surface area contributed by atoms with Crippen molar-refractivity contribution in [1.82, 2.24) is 5.16 Å². The molecule has 94 valence electrons. The van der Waals surface area contributed by atoms with Crippen LogP contribution in [0.15, 0.2) is 16.8 Å². The Kier molecular flexibility index (Phi) is 2.95. The van der Waals surface area contributed by atoms with E-state index in [9.17, 15) is 4.79 Å². The number of hydrogen-bond donors (Lipinski definition) is 1. The number of hydrogen-bond acceptors (Lipinski definition) is 3. The van der Waals surface area contributed by atoms with Crippen LogP contribution in [0.3, 0.4) is 0 Å². The van der Waals surface area contributed by atoms with Crippen LogP contribution in [0.5, 0.6) is 0 Å². The molecule has 2 aromatic rings. The number of nitrogens with zero attached hydrogens (tertiary/aromatic N) is 1. The second-order valence-corrected chi connectivity index (χ2v) is 4.51. The minimum absolute atomic E-state index is 0.103. The molecule has 0 aliphatic carbocycles. The quantitative estimate of drug-likeness (QED) is 0.881. The van der Waals surface area contributed by atoms with Crippen molar-refractivity contribution >= 4 is 5.97 Å². The molecule has 0 amide bonds. The molecule has 0 spiro atoms. The minimum atomic E-state index is -1.02. The molecule has 1 aromatic carbocycles. The van der Waals surface area contributed by atoms with Crippen LogP contribution in [-0.2, 0) is 0 Å². The van der Waals surface area contributed by atoms with Gasteiger partial charge in [0.2, 0.25) is 0 Å². The molecule has 1 N–H and O–H groups in total. The van der Waals surface area contributed by atoms with Gasteiger partial charge < -0.3 is 9.63 Å². The Hall–Kier alpha value is -2.10. The Morgan fingerprint density at radius 3 is 2.22 bits per heavy atom. The van der Waals surface area contributed by atoms with E-state index in [0.717, 1.165) is 27.8 Å². The molecule has 1 aromatic heterocycles. The number of benzene rings is 1. The molecule has 0 aliphatic rings. The van der Waals surface area contributed by atoms with E-state index in [4.69, 9.17) is 9.63 Å². The molecule has 4 nitrogen and oxygen atoms in total. The maximum Gasteiger partial charge on any atom is 0.341 e. The highest BCUT2D eigenvalue weighted by molar-refractivity contribution is 5.95. The van der Waals surface area contributed by atoms with Crippen molar-refractivity contribution < 1.29 is 14.4 Å². The summed E-state index contributed by atoms with van der Waals surface area (Å²) in [4.78, 5) is 11.1. The summed E-state index contributed by atoms with van der Waals surface area (Å²) in [7, 11) is 0. The van der Waals surface area contributed by atoms with E-state index in [0.29, 0.717) is 5.76 Å². The van der Waals surface area contributed by atoms with Gasteiger partial charge in [-0.3, -0.25) is 0 Å². The number of aromatic nitrogens is 1. The highest BCUT2D eigenvalue weighted by atomic mass is 16.5. The first kappa shape index (κ1) is 12.4. The first-order valence-corrected chi connectivity index (χ1v) is 5.69. The maximum atomic E-state index is 11.1. The van der Waals surface area contributed by atoms with Crippen molar-refractivity contribution in [2.75, 3.05) is 0 Å².